The van der Waals surface area contributed by atoms with Crippen molar-refractivity contribution in [2.45, 2.75) is 51.0 Å². The van der Waals surface area contributed by atoms with Gasteiger partial charge in [0.25, 0.3) is 0 Å². The van der Waals surface area contributed by atoms with E-state index in [1.165, 1.54) is 12.1 Å². The van der Waals surface area contributed by atoms with Crippen molar-refractivity contribution in [1.29, 1.82) is 0 Å². The number of likely N-dealkylation sites (tertiary alicyclic amines) is 1. The summed E-state index contributed by atoms with van der Waals surface area (Å²) in [6.07, 6.45) is 2.98. The largest absolute Gasteiger partial charge is 0.466 e. The number of carbonyl (C=O) groups is 1. The summed E-state index contributed by atoms with van der Waals surface area (Å²) in [4.78, 5) is 18.1. The van der Waals surface area contributed by atoms with Gasteiger partial charge in [-0.2, -0.15) is 0 Å². The summed E-state index contributed by atoms with van der Waals surface area (Å²) in [5.74, 6) is 0.0873. The minimum Gasteiger partial charge on any atom is -0.466 e. The van der Waals surface area contributed by atoms with E-state index < -0.39 is 23.5 Å². The number of hydrogen-bond donors (Lipinski definition) is 2. The second-order valence-electron chi connectivity index (χ2n) is 9.13. The van der Waals surface area contributed by atoms with Crippen LogP contribution in [0.3, 0.4) is 0 Å². The Balaban J connectivity index is 1.57. The predicted molar refractivity (Wildman–Crippen MR) is 117 cm³/mol. The van der Waals surface area contributed by atoms with Gasteiger partial charge in [-0.1, -0.05) is 12.1 Å². The molecule has 1 aromatic carbocycles. The maximum atomic E-state index is 13.4. The molecule has 4 rings (SSSR count). The monoisotopic (exact) mass is 441 g/mol. The van der Waals surface area contributed by atoms with Crippen LogP contribution < -0.4 is 5.32 Å². The van der Waals surface area contributed by atoms with Gasteiger partial charge in [0.05, 0.1) is 5.70 Å². The number of halogens is 1. The third-order valence-corrected chi connectivity index (χ3v) is 5.54. The molecule has 1 aromatic heterocycles. The van der Waals surface area contributed by atoms with Gasteiger partial charge >= 0.3 is 6.09 Å². The maximum absolute atomic E-state index is 13.4. The molecule has 0 saturated carbocycles. The average molecular weight is 442 g/mol. The van der Waals surface area contributed by atoms with Crippen molar-refractivity contribution in [3.63, 3.8) is 0 Å². The molecule has 32 heavy (non-hydrogen) atoms. The number of rotatable bonds is 3. The number of aromatic nitrogens is 1. The molecule has 1 atom stereocenters. The van der Waals surface area contributed by atoms with E-state index in [9.17, 15) is 14.3 Å². The van der Waals surface area contributed by atoms with Crippen LogP contribution >= 0.6 is 0 Å². The lowest BCUT2D eigenvalue weighted by molar-refractivity contribution is -0.0489. The summed E-state index contributed by atoms with van der Waals surface area (Å²) in [5.41, 5.74) is 0.377. The van der Waals surface area contributed by atoms with Crippen LogP contribution in [0.25, 0.3) is 5.70 Å². The van der Waals surface area contributed by atoms with Crippen molar-refractivity contribution >= 4 is 11.8 Å². The zero-order chi connectivity index (χ0) is 22.9. The third-order valence-electron chi connectivity index (χ3n) is 5.54. The lowest BCUT2D eigenvalue weighted by atomic mass is 9.87. The molecule has 0 aliphatic carbocycles. The quantitative estimate of drug-likeness (QED) is 0.750. The highest BCUT2D eigenvalue weighted by molar-refractivity contribution is 5.70. The Bertz CT molecular complexity index is 994. The first kappa shape index (κ1) is 22.1. The third kappa shape index (κ3) is 4.70. The number of amides is 1. The second kappa shape index (κ2) is 8.43. The fraction of sp³-hybridized carbons (Fsp3) is 0.417. The number of piperidine rings is 1. The van der Waals surface area contributed by atoms with Crippen LogP contribution in [0, 0.1) is 5.82 Å². The Hall–Kier alpha value is -3.13. The fourth-order valence-electron chi connectivity index (χ4n) is 3.88. The first-order valence-corrected chi connectivity index (χ1v) is 10.7. The van der Waals surface area contributed by atoms with Gasteiger partial charge in [-0.3, -0.25) is 4.98 Å². The SMILES string of the molecule is CC(C)(C)OC(=O)N1CCC(O)(C2=C(c3ccncc3)NC(c3ccc(F)cc3)O2)CC1. The summed E-state index contributed by atoms with van der Waals surface area (Å²) in [6.45, 7) is 6.14. The lowest BCUT2D eigenvalue weighted by Crippen LogP contribution is -2.49. The Morgan fingerprint density at radius 2 is 1.81 bits per heavy atom. The highest BCUT2D eigenvalue weighted by Crippen LogP contribution is 2.42. The van der Waals surface area contributed by atoms with Crippen LogP contribution in [-0.4, -0.2) is 45.4 Å². The fourth-order valence-corrected chi connectivity index (χ4v) is 3.88. The number of aliphatic hydroxyl groups is 1. The van der Waals surface area contributed by atoms with Crippen LogP contribution in [0.15, 0.2) is 54.6 Å². The van der Waals surface area contributed by atoms with E-state index in [2.05, 4.69) is 10.3 Å². The van der Waals surface area contributed by atoms with E-state index in [0.29, 0.717) is 37.4 Å². The summed E-state index contributed by atoms with van der Waals surface area (Å²) >= 11 is 0. The van der Waals surface area contributed by atoms with E-state index in [1.807, 2.05) is 32.9 Å². The smallest absolute Gasteiger partial charge is 0.410 e. The summed E-state index contributed by atoms with van der Waals surface area (Å²) in [5, 5.41) is 14.9. The standard InChI is InChI=1S/C24H28FN3O4/c1-23(2,3)32-22(29)28-14-10-24(30,11-15-28)20-19(16-8-12-26-13-9-16)27-21(31-20)17-4-6-18(25)7-5-17/h4-9,12-13,21,27,30H,10-11,14-15H2,1-3H3. The molecule has 1 fully saturated rings. The van der Waals surface area contributed by atoms with Crippen molar-refractivity contribution in [2.75, 3.05) is 13.1 Å². The van der Waals surface area contributed by atoms with Crippen molar-refractivity contribution in [1.82, 2.24) is 15.2 Å². The number of carbonyl (C=O) groups excluding carboxylic acids is 1. The molecule has 7 nitrogen and oxygen atoms in total. The maximum Gasteiger partial charge on any atom is 0.410 e. The van der Waals surface area contributed by atoms with Crippen molar-refractivity contribution in [3.8, 4) is 0 Å². The van der Waals surface area contributed by atoms with Gasteiger partial charge in [0, 0.05) is 49.5 Å². The van der Waals surface area contributed by atoms with Crippen molar-refractivity contribution < 1.29 is 23.8 Å². The predicted octanol–water partition coefficient (Wildman–Crippen LogP) is 3.97. The molecule has 2 aromatic rings. The molecular weight excluding hydrogens is 413 g/mol. The summed E-state index contributed by atoms with van der Waals surface area (Å²) < 4.78 is 25.1. The minimum atomic E-state index is -1.26. The summed E-state index contributed by atoms with van der Waals surface area (Å²) in [7, 11) is 0. The molecule has 2 aliphatic heterocycles. The highest BCUT2D eigenvalue weighted by atomic mass is 19.1. The van der Waals surface area contributed by atoms with Gasteiger partial charge in [-0.15, -0.1) is 0 Å². The molecular formula is C24H28FN3O4. The van der Waals surface area contributed by atoms with E-state index >= 15 is 0 Å². The normalized spacial score (nSPS) is 20.5. The van der Waals surface area contributed by atoms with Gasteiger partial charge < -0.3 is 24.8 Å². The molecule has 8 heteroatoms. The van der Waals surface area contributed by atoms with Crippen LogP contribution in [0.2, 0.25) is 0 Å². The van der Waals surface area contributed by atoms with E-state index in [1.54, 1.807) is 29.4 Å². The number of nitrogens with zero attached hydrogens (tertiary/aromatic N) is 2. The highest BCUT2D eigenvalue weighted by Gasteiger charge is 2.45. The molecule has 1 unspecified atom stereocenters. The first-order valence-electron chi connectivity index (χ1n) is 10.7. The van der Waals surface area contributed by atoms with Crippen LogP contribution in [0.4, 0.5) is 9.18 Å². The average Bonchev–Trinajstić information content (AvgIpc) is 3.21. The molecule has 1 saturated heterocycles. The zero-order valence-electron chi connectivity index (χ0n) is 18.5. The molecule has 0 radical (unpaired) electrons. The molecule has 1 amide bonds. The lowest BCUT2D eigenvalue weighted by Gasteiger charge is -2.39. The van der Waals surface area contributed by atoms with E-state index in [4.69, 9.17) is 9.47 Å². The van der Waals surface area contributed by atoms with Crippen LogP contribution in [0.1, 0.15) is 51.0 Å². The molecule has 0 bridgehead atoms. The Morgan fingerprint density at radius 3 is 2.41 bits per heavy atom. The number of nitrogens with one attached hydrogen (secondary N) is 1. The second-order valence-corrected chi connectivity index (χ2v) is 9.13. The summed E-state index contributed by atoms with van der Waals surface area (Å²) in [6, 6.07) is 9.71. The number of ether oxygens (including phenoxy) is 2. The molecule has 170 valence electrons. The van der Waals surface area contributed by atoms with Crippen LogP contribution in [0.5, 0.6) is 0 Å². The Morgan fingerprint density at radius 1 is 1.19 bits per heavy atom. The number of hydrogen-bond acceptors (Lipinski definition) is 6. The van der Waals surface area contributed by atoms with Crippen LogP contribution in [-0.2, 0) is 9.47 Å². The first-order chi connectivity index (χ1) is 15.1. The van der Waals surface area contributed by atoms with Gasteiger partial charge in [-0.05, 0) is 45.0 Å². The molecule has 0 spiro atoms. The molecule has 3 heterocycles. The van der Waals surface area contributed by atoms with Gasteiger partial charge in [0.2, 0.25) is 0 Å². The van der Waals surface area contributed by atoms with Gasteiger partial charge in [-0.25, -0.2) is 9.18 Å². The van der Waals surface area contributed by atoms with Gasteiger partial charge in [0.15, 0.2) is 12.0 Å². The van der Waals surface area contributed by atoms with E-state index in [0.717, 1.165) is 11.1 Å². The van der Waals surface area contributed by atoms with Gasteiger partial charge in [0.1, 0.15) is 17.0 Å². The minimum absolute atomic E-state index is 0.300. The Labute approximate surface area is 186 Å². The van der Waals surface area contributed by atoms with Crippen molar-refractivity contribution in [3.05, 3.63) is 71.5 Å². The van der Waals surface area contributed by atoms with Crippen molar-refractivity contribution in [2.24, 2.45) is 0 Å². The molecule has 2 aliphatic rings. The topological polar surface area (TPSA) is 83.9 Å². The number of pyridine rings is 1. The zero-order valence-corrected chi connectivity index (χ0v) is 18.5. The van der Waals surface area contributed by atoms with E-state index in [-0.39, 0.29) is 5.82 Å². The number of benzene rings is 1. The Kier molecular flexibility index (Phi) is 5.81. The molecule has 2 N–H and O–H groups in total.